The summed E-state index contributed by atoms with van der Waals surface area (Å²) in [6.07, 6.45) is 0. The number of methoxy groups -OCH3 is 2. The van der Waals surface area contributed by atoms with Gasteiger partial charge in [0.05, 0.1) is 14.2 Å². The molecular formula is C19H27ClN2O2. The van der Waals surface area contributed by atoms with E-state index >= 15 is 0 Å². The van der Waals surface area contributed by atoms with Crippen molar-refractivity contribution in [1.29, 1.82) is 0 Å². The SMILES string of the molecule is COc1cc(C)c(CN(CCN)Cc2ccccc2)cc1OC.Cl. The molecule has 0 aromatic heterocycles. The fourth-order valence-corrected chi connectivity index (χ4v) is 2.67. The fourth-order valence-electron chi connectivity index (χ4n) is 2.67. The molecule has 4 nitrogen and oxygen atoms in total. The summed E-state index contributed by atoms with van der Waals surface area (Å²) >= 11 is 0. The van der Waals surface area contributed by atoms with Crippen LogP contribution in [-0.2, 0) is 13.1 Å². The summed E-state index contributed by atoms with van der Waals surface area (Å²) in [7, 11) is 3.33. The lowest BCUT2D eigenvalue weighted by Crippen LogP contribution is -2.29. The van der Waals surface area contributed by atoms with Crippen LogP contribution in [0.25, 0.3) is 0 Å². The Hall–Kier alpha value is -1.75. The first-order valence-corrected chi connectivity index (χ1v) is 7.85. The molecule has 0 amide bonds. The van der Waals surface area contributed by atoms with Crippen molar-refractivity contribution in [1.82, 2.24) is 4.90 Å². The van der Waals surface area contributed by atoms with Gasteiger partial charge in [0.15, 0.2) is 11.5 Å². The van der Waals surface area contributed by atoms with E-state index in [9.17, 15) is 0 Å². The zero-order chi connectivity index (χ0) is 16.7. The molecular weight excluding hydrogens is 324 g/mol. The van der Waals surface area contributed by atoms with Crippen molar-refractivity contribution in [2.24, 2.45) is 5.73 Å². The Kier molecular flexibility index (Phi) is 8.61. The molecule has 2 rings (SSSR count). The van der Waals surface area contributed by atoms with Crippen molar-refractivity contribution < 1.29 is 9.47 Å². The van der Waals surface area contributed by atoms with Crippen LogP contribution >= 0.6 is 12.4 Å². The Balaban J connectivity index is 0.00000288. The number of hydrogen-bond acceptors (Lipinski definition) is 4. The third-order valence-corrected chi connectivity index (χ3v) is 3.93. The van der Waals surface area contributed by atoms with E-state index in [2.05, 4.69) is 42.2 Å². The van der Waals surface area contributed by atoms with Gasteiger partial charge in [-0.05, 0) is 35.7 Å². The molecule has 2 aromatic rings. The zero-order valence-corrected chi connectivity index (χ0v) is 15.4. The second kappa shape index (κ2) is 10.2. The molecule has 24 heavy (non-hydrogen) atoms. The van der Waals surface area contributed by atoms with Gasteiger partial charge in [-0.1, -0.05) is 30.3 Å². The molecule has 2 aromatic carbocycles. The van der Waals surface area contributed by atoms with Gasteiger partial charge >= 0.3 is 0 Å². The Bertz CT molecular complexity index is 620. The van der Waals surface area contributed by atoms with Gasteiger partial charge in [-0.2, -0.15) is 0 Å². The van der Waals surface area contributed by atoms with Gasteiger partial charge in [-0.25, -0.2) is 0 Å². The van der Waals surface area contributed by atoms with Gasteiger partial charge in [-0.15, -0.1) is 12.4 Å². The average molecular weight is 351 g/mol. The third kappa shape index (κ3) is 5.41. The molecule has 0 spiro atoms. The van der Waals surface area contributed by atoms with Crippen molar-refractivity contribution in [2.45, 2.75) is 20.0 Å². The first-order valence-electron chi connectivity index (χ1n) is 7.85. The summed E-state index contributed by atoms with van der Waals surface area (Å²) in [6, 6.07) is 14.5. The van der Waals surface area contributed by atoms with Crippen molar-refractivity contribution in [3.63, 3.8) is 0 Å². The summed E-state index contributed by atoms with van der Waals surface area (Å²) in [5.74, 6) is 1.53. The Morgan fingerprint density at radius 1 is 0.958 bits per heavy atom. The summed E-state index contributed by atoms with van der Waals surface area (Å²) in [5.41, 5.74) is 9.50. The lowest BCUT2D eigenvalue weighted by molar-refractivity contribution is 0.263. The predicted octanol–water partition coefficient (Wildman–Crippen LogP) is 3.39. The number of halogens is 1. The molecule has 0 radical (unpaired) electrons. The minimum Gasteiger partial charge on any atom is -0.493 e. The molecule has 0 atom stereocenters. The summed E-state index contributed by atoms with van der Waals surface area (Å²) in [6.45, 7) is 5.30. The number of nitrogens with zero attached hydrogens (tertiary/aromatic N) is 1. The van der Waals surface area contributed by atoms with Crippen LogP contribution in [-0.4, -0.2) is 32.2 Å². The maximum atomic E-state index is 5.79. The van der Waals surface area contributed by atoms with E-state index in [0.29, 0.717) is 6.54 Å². The summed E-state index contributed by atoms with van der Waals surface area (Å²) < 4.78 is 10.8. The second-order valence-corrected chi connectivity index (χ2v) is 5.62. The van der Waals surface area contributed by atoms with Crippen LogP contribution in [0, 0.1) is 6.92 Å². The van der Waals surface area contributed by atoms with E-state index in [0.717, 1.165) is 31.1 Å². The Morgan fingerprint density at radius 3 is 2.17 bits per heavy atom. The minimum absolute atomic E-state index is 0. The number of hydrogen-bond donors (Lipinski definition) is 1. The van der Waals surface area contributed by atoms with Crippen LogP contribution < -0.4 is 15.2 Å². The highest BCUT2D eigenvalue weighted by atomic mass is 35.5. The third-order valence-electron chi connectivity index (χ3n) is 3.93. The number of benzene rings is 2. The van der Waals surface area contributed by atoms with Crippen LogP contribution in [0.3, 0.4) is 0 Å². The molecule has 5 heteroatoms. The molecule has 0 fully saturated rings. The maximum absolute atomic E-state index is 5.79. The average Bonchev–Trinajstić information content (AvgIpc) is 2.57. The molecule has 0 saturated heterocycles. The van der Waals surface area contributed by atoms with Crippen LogP contribution in [0.2, 0.25) is 0 Å². The molecule has 0 unspecified atom stereocenters. The molecule has 0 aliphatic carbocycles. The molecule has 0 bridgehead atoms. The normalized spacial score (nSPS) is 10.4. The lowest BCUT2D eigenvalue weighted by atomic mass is 10.1. The van der Waals surface area contributed by atoms with E-state index in [4.69, 9.17) is 15.2 Å². The van der Waals surface area contributed by atoms with Gasteiger partial charge < -0.3 is 15.2 Å². The monoisotopic (exact) mass is 350 g/mol. The number of nitrogens with two attached hydrogens (primary N) is 1. The van der Waals surface area contributed by atoms with Crippen LogP contribution in [0.5, 0.6) is 11.5 Å². The summed E-state index contributed by atoms with van der Waals surface area (Å²) in [4.78, 5) is 2.35. The highest BCUT2D eigenvalue weighted by Crippen LogP contribution is 2.31. The topological polar surface area (TPSA) is 47.7 Å². The predicted molar refractivity (Wildman–Crippen MR) is 101 cm³/mol. The van der Waals surface area contributed by atoms with Crippen molar-refractivity contribution in [2.75, 3.05) is 27.3 Å². The van der Waals surface area contributed by atoms with Crippen LogP contribution in [0.4, 0.5) is 0 Å². The fraction of sp³-hybridized carbons (Fsp3) is 0.368. The van der Waals surface area contributed by atoms with Crippen LogP contribution in [0.15, 0.2) is 42.5 Å². The molecule has 0 heterocycles. The molecule has 0 aliphatic rings. The number of rotatable bonds is 8. The lowest BCUT2D eigenvalue weighted by Gasteiger charge is -2.23. The van der Waals surface area contributed by atoms with E-state index in [1.165, 1.54) is 16.7 Å². The van der Waals surface area contributed by atoms with E-state index < -0.39 is 0 Å². The molecule has 0 aliphatic heterocycles. The maximum Gasteiger partial charge on any atom is 0.161 e. The highest BCUT2D eigenvalue weighted by Gasteiger charge is 2.12. The van der Waals surface area contributed by atoms with Gasteiger partial charge in [-0.3, -0.25) is 4.90 Å². The first kappa shape index (κ1) is 20.3. The molecule has 0 saturated carbocycles. The standard InChI is InChI=1S/C19H26N2O2.ClH/c1-15-11-18(22-2)19(23-3)12-17(15)14-21(10-9-20)13-16-7-5-4-6-8-16;/h4-8,11-12H,9-10,13-14,20H2,1-3H3;1H. The van der Waals surface area contributed by atoms with Gasteiger partial charge in [0.2, 0.25) is 0 Å². The van der Waals surface area contributed by atoms with E-state index in [-0.39, 0.29) is 12.4 Å². The molecule has 2 N–H and O–H groups in total. The zero-order valence-electron chi connectivity index (χ0n) is 14.6. The first-order chi connectivity index (χ1) is 11.2. The summed E-state index contributed by atoms with van der Waals surface area (Å²) in [5, 5.41) is 0. The number of ether oxygens (including phenoxy) is 2. The van der Waals surface area contributed by atoms with Gasteiger partial charge in [0.25, 0.3) is 0 Å². The van der Waals surface area contributed by atoms with Gasteiger partial charge in [0.1, 0.15) is 0 Å². The van der Waals surface area contributed by atoms with Crippen molar-refractivity contribution >= 4 is 12.4 Å². The smallest absolute Gasteiger partial charge is 0.161 e. The highest BCUT2D eigenvalue weighted by molar-refractivity contribution is 5.85. The van der Waals surface area contributed by atoms with Crippen molar-refractivity contribution in [3.8, 4) is 11.5 Å². The number of aryl methyl sites for hydroxylation is 1. The quantitative estimate of drug-likeness (QED) is 0.792. The van der Waals surface area contributed by atoms with Crippen molar-refractivity contribution in [3.05, 3.63) is 59.2 Å². The van der Waals surface area contributed by atoms with Crippen LogP contribution in [0.1, 0.15) is 16.7 Å². The van der Waals surface area contributed by atoms with Gasteiger partial charge in [0, 0.05) is 26.2 Å². The largest absolute Gasteiger partial charge is 0.493 e. The molecule has 132 valence electrons. The van der Waals surface area contributed by atoms with E-state index in [1.54, 1.807) is 14.2 Å². The minimum atomic E-state index is 0. The second-order valence-electron chi connectivity index (χ2n) is 5.62. The Morgan fingerprint density at radius 2 is 1.58 bits per heavy atom. The van der Waals surface area contributed by atoms with E-state index in [1.807, 2.05) is 12.1 Å². The Labute approximate surface area is 151 Å².